The van der Waals surface area contributed by atoms with Gasteiger partial charge in [-0.3, -0.25) is 4.79 Å². The number of carbonyl (C=O) groups is 1. The third-order valence-corrected chi connectivity index (χ3v) is 4.89. The van der Waals surface area contributed by atoms with Crippen LogP contribution < -0.4 is 5.73 Å². The number of hydrogen-bond acceptors (Lipinski definition) is 4. The summed E-state index contributed by atoms with van der Waals surface area (Å²) in [5, 5.41) is 3.94. The summed E-state index contributed by atoms with van der Waals surface area (Å²) in [6.45, 7) is 0. The second-order valence-corrected chi connectivity index (χ2v) is 6.00. The first-order valence-corrected chi connectivity index (χ1v) is 7.44. The molecule has 0 saturated carbocycles. The standard InChI is InChI=1S/C16H18N2O2/c17-16-14-12(9-5-2-1-3-6-9)13-10(15(14)20-18-16)7-4-8-11(13)19/h1-2,9,12H,3-8H2,(H2,17,18)/t9-,12+/m1/s1. The zero-order valence-electron chi connectivity index (χ0n) is 11.4. The van der Waals surface area contributed by atoms with Gasteiger partial charge >= 0.3 is 0 Å². The van der Waals surface area contributed by atoms with E-state index in [4.69, 9.17) is 10.3 Å². The molecule has 104 valence electrons. The Bertz CT molecular complexity index is 639. The summed E-state index contributed by atoms with van der Waals surface area (Å²) in [5.74, 6) is 2.13. The molecule has 0 saturated heterocycles. The molecule has 0 unspecified atom stereocenters. The lowest BCUT2D eigenvalue weighted by Crippen LogP contribution is -2.21. The van der Waals surface area contributed by atoms with Crippen LogP contribution in [0.1, 0.15) is 55.8 Å². The lowest BCUT2D eigenvalue weighted by atomic mass is 9.75. The molecule has 4 nitrogen and oxygen atoms in total. The van der Waals surface area contributed by atoms with Crippen LogP contribution in [-0.2, 0) is 4.79 Å². The van der Waals surface area contributed by atoms with Gasteiger partial charge in [-0.25, -0.2) is 0 Å². The molecule has 4 heteroatoms. The highest BCUT2D eigenvalue weighted by molar-refractivity contribution is 6.08. The second kappa shape index (κ2) is 4.33. The Hall–Kier alpha value is -1.84. The molecule has 1 aromatic rings. The maximum absolute atomic E-state index is 12.4. The van der Waals surface area contributed by atoms with Crippen molar-refractivity contribution in [3.8, 4) is 0 Å². The molecule has 0 spiro atoms. The van der Waals surface area contributed by atoms with E-state index >= 15 is 0 Å². The molecule has 2 atom stereocenters. The van der Waals surface area contributed by atoms with Gasteiger partial charge in [-0.2, -0.15) is 0 Å². The van der Waals surface area contributed by atoms with Crippen molar-refractivity contribution in [2.45, 2.75) is 44.4 Å². The fourth-order valence-electron chi connectivity index (χ4n) is 4.02. The number of hydrogen-bond donors (Lipinski definition) is 1. The second-order valence-electron chi connectivity index (χ2n) is 6.00. The lowest BCUT2D eigenvalue weighted by Gasteiger charge is -2.28. The van der Waals surface area contributed by atoms with Gasteiger partial charge < -0.3 is 10.3 Å². The van der Waals surface area contributed by atoms with Crippen molar-refractivity contribution in [2.24, 2.45) is 5.92 Å². The summed E-state index contributed by atoms with van der Waals surface area (Å²) in [5.41, 5.74) is 9.09. The SMILES string of the molecule is Nc1noc2c1[C@@H]([C@@H]1CC=CCC1)C1=C2CCCC1=O. The summed E-state index contributed by atoms with van der Waals surface area (Å²) >= 11 is 0. The van der Waals surface area contributed by atoms with Crippen molar-refractivity contribution in [1.82, 2.24) is 5.16 Å². The van der Waals surface area contributed by atoms with Crippen molar-refractivity contribution < 1.29 is 9.32 Å². The van der Waals surface area contributed by atoms with Crippen LogP contribution in [0.15, 0.2) is 22.2 Å². The van der Waals surface area contributed by atoms with Crippen molar-refractivity contribution in [3.05, 3.63) is 29.0 Å². The normalized spacial score (nSPS) is 28.7. The molecular formula is C16H18N2O2. The Morgan fingerprint density at radius 1 is 1.30 bits per heavy atom. The number of Topliss-reactive ketones (excluding diaryl/α,β-unsaturated/α-hetero) is 1. The van der Waals surface area contributed by atoms with Gasteiger partial charge in [-0.1, -0.05) is 17.3 Å². The van der Waals surface area contributed by atoms with Crippen molar-refractivity contribution in [3.63, 3.8) is 0 Å². The van der Waals surface area contributed by atoms with E-state index in [1.165, 1.54) is 0 Å². The number of rotatable bonds is 1. The molecule has 4 rings (SSSR count). The molecule has 3 aliphatic rings. The smallest absolute Gasteiger partial charge is 0.171 e. The largest absolute Gasteiger partial charge is 0.381 e. The number of anilines is 1. The van der Waals surface area contributed by atoms with E-state index in [9.17, 15) is 4.79 Å². The molecule has 1 heterocycles. The summed E-state index contributed by atoms with van der Waals surface area (Å²) in [7, 11) is 0. The molecule has 1 aromatic heterocycles. The maximum atomic E-state index is 12.4. The number of nitrogens with two attached hydrogens (primary N) is 1. The molecule has 0 amide bonds. The van der Waals surface area contributed by atoms with E-state index in [-0.39, 0.29) is 11.7 Å². The maximum Gasteiger partial charge on any atom is 0.171 e. The Kier molecular flexibility index (Phi) is 2.59. The summed E-state index contributed by atoms with van der Waals surface area (Å²) in [6, 6.07) is 0. The van der Waals surface area contributed by atoms with E-state index in [1.54, 1.807) is 0 Å². The van der Waals surface area contributed by atoms with Gasteiger partial charge in [0.25, 0.3) is 0 Å². The first kappa shape index (κ1) is 11.9. The molecule has 0 bridgehead atoms. The van der Waals surface area contributed by atoms with Crippen molar-refractivity contribution >= 4 is 17.2 Å². The van der Waals surface area contributed by atoms with Crippen LogP contribution >= 0.6 is 0 Å². The van der Waals surface area contributed by atoms with E-state index in [0.717, 1.165) is 54.6 Å². The highest BCUT2D eigenvalue weighted by Gasteiger charge is 2.44. The fraction of sp³-hybridized carbons (Fsp3) is 0.500. The topological polar surface area (TPSA) is 69.1 Å². The number of ketones is 1. The predicted molar refractivity (Wildman–Crippen MR) is 75.9 cm³/mol. The Balaban J connectivity index is 1.86. The fourth-order valence-corrected chi connectivity index (χ4v) is 4.02. The molecular weight excluding hydrogens is 252 g/mol. The van der Waals surface area contributed by atoms with Crippen LogP contribution in [0, 0.1) is 5.92 Å². The molecule has 2 N–H and O–H groups in total. The summed E-state index contributed by atoms with van der Waals surface area (Å²) < 4.78 is 5.44. The van der Waals surface area contributed by atoms with Gasteiger partial charge in [0.2, 0.25) is 0 Å². The number of nitrogens with zero attached hydrogens (tertiary/aromatic N) is 1. The van der Waals surface area contributed by atoms with E-state index in [0.29, 0.717) is 18.2 Å². The van der Waals surface area contributed by atoms with Crippen LogP contribution in [0.5, 0.6) is 0 Å². The molecule has 0 aliphatic heterocycles. The highest BCUT2D eigenvalue weighted by atomic mass is 16.5. The first-order valence-electron chi connectivity index (χ1n) is 7.44. The quantitative estimate of drug-likeness (QED) is 0.795. The molecule has 0 fully saturated rings. The van der Waals surface area contributed by atoms with Crippen LogP contribution in [0.2, 0.25) is 0 Å². The van der Waals surface area contributed by atoms with Gasteiger partial charge in [0.15, 0.2) is 17.4 Å². The van der Waals surface area contributed by atoms with Gasteiger partial charge in [-0.05, 0) is 38.0 Å². The predicted octanol–water partition coefficient (Wildman–Crippen LogP) is 3.22. The van der Waals surface area contributed by atoms with Gasteiger partial charge in [-0.15, -0.1) is 0 Å². The Labute approximate surface area is 117 Å². The summed E-state index contributed by atoms with van der Waals surface area (Å²) in [6.07, 6.45) is 10.1. The summed E-state index contributed by atoms with van der Waals surface area (Å²) in [4.78, 5) is 12.4. The third kappa shape index (κ3) is 1.54. The van der Waals surface area contributed by atoms with Gasteiger partial charge in [0.1, 0.15) is 0 Å². The molecule has 0 radical (unpaired) electrons. The number of carbonyl (C=O) groups excluding carboxylic acids is 1. The van der Waals surface area contributed by atoms with Gasteiger partial charge in [0, 0.05) is 23.5 Å². The van der Waals surface area contributed by atoms with E-state index in [2.05, 4.69) is 17.3 Å². The number of allylic oxidation sites excluding steroid dienone is 4. The van der Waals surface area contributed by atoms with Gasteiger partial charge in [0.05, 0.1) is 5.56 Å². The molecule has 0 aromatic carbocycles. The van der Waals surface area contributed by atoms with Crippen LogP contribution in [-0.4, -0.2) is 10.9 Å². The van der Waals surface area contributed by atoms with E-state index < -0.39 is 0 Å². The lowest BCUT2D eigenvalue weighted by molar-refractivity contribution is -0.116. The van der Waals surface area contributed by atoms with Crippen molar-refractivity contribution in [1.29, 1.82) is 0 Å². The number of nitrogen functional groups attached to an aromatic ring is 1. The zero-order valence-corrected chi connectivity index (χ0v) is 11.4. The molecule has 20 heavy (non-hydrogen) atoms. The zero-order chi connectivity index (χ0) is 13.7. The van der Waals surface area contributed by atoms with E-state index in [1.807, 2.05) is 0 Å². The van der Waals surface area contributed by atoms with Crippen LogP contribution in [0.25, 0.3) is 5.57 Å². The van der Waals surface area contributed by atoms with Crippen LogP contribution in [0.4, 0.5) is 5.82 Å². The Morgan fingerprint density at radius 3 is 3.00 bits per heavy atom. The van der Waals surface area contributed by atoms with Crippen molar-refractivity contribution in [2.75, 3.05) is 5.73 Å². The minimum absolute atomic E-state index is 0.115. The number of fused-ring (bicyclic) bond motifs is 2. The highest BCUT2D eigenvalue weighted by Crippen LogP contribution is 2.54. The average molecular weight is 270 g/mol. The average Bonchev–Trinajstić information content (AvgIpc) is 3.00. The van der Waals surface area contributed by atoms with Crippen LogP contribution in [0.3, 0.4) is 0 Å². The third-order valence-electron chi connectivity index (χ3n) is 4.89. The molecule has 3 aliphatic carbocycles. The number of aromatic nitrogens is 1. The Morgan fingerprint density at radius 2 is 2.20 bits per heavy atom. The monoisotopic (exact) mass is 270 g/mol. The minimum Gasteiger partial charge on any atom is -0.381 e. The minimum atomic E-state index is 0.115. The first-order chi connectivity index (χ1) is 9.77.